The van der Waals surface area contributed by atoms with Crippen LogP contribution in [0, 0.1) is 5.92 Å². The molecule has 1 aromatic carbocycles. The number of nitrogens with one attached hydrogen (secondary N) is 1. The molecule has 0 aliphatic carbocycles. The van der Waals surface area contributed by atoms with Gasteiger partial charge in [0.2, 0.25) is 0 Å². The Morgan fingerprint density at radius 1 is 1.28 bits per heavy atom. The van der Waals surface area contributed by atoms with Gasteiger partial charge in [0.15, 0.2) is 0 Å². The van der Waals surface area contributed by atoms with E-state index in [4.69, 9.17) is 4.74 Å². The zero-order chi connectivity index (χ0) is 12.8. The van der Waals surface area contributed by atoms with Crippen LogP contribution in [0.15, 0.2) is 24.3 Å². The van der Waals surface area contributed by atoms with Crippen LogP contribution < -0.4 is 10.1 Å². The second-order valence-corrected chi connectivity index (χ2v) is 5.56. The average Bonchev–Trinajstić information content (AvgIpc) is 2.40. The van der Waals surface area contributed by atoms with Gasteiger partial charge in [-0.3, -0.25) is 0 Å². The highest BCUT2D eigenvalue weighted by atomic mass is 16.5. The fraction of sp³-hybridized carbons (Fsp3) is 0.625. The van der Waals surface area contributed by atoms with E-state index in [2.05, 4.69) is 43.4 Å². The third kappa shape index (κ3) is 4.02. The lowest BCUT2D eigenvalue weighted by Gasteiger charge is -2.22. The molecule has 0 aromatic heterocycles. The van der Waals surface area contributed by atoms with E-state index in [1.54, 1.807) is 0 Å². The Kier molecular flexibility index (Phi) is 5.06. The molecule has 1 saturated heterocycles. The first-order chi connectivity index (χ1) is 8.75. The van der Waals surface area contributed by atoms with Gasteiger partial charge < -0.3 is 10.1 Å². The summed E-state index contributed by atoms with van der Waals surface area (Å²) in [5.74, 6) is 2.44. The molecule has 2 heteroatoms. The van der Waals surface area contributed by atoms with Gasteiger partial charge in [-0.05, 0) is 61.9 Å². The Morgan fingerprint density at radius 3 is 2.78 bits per heavy atom. The molecule has 0 bridgehead atoms. The van der Waals surface area contributed by atoms with E-state index in [1.165, 1.54) is 37.9 Å². The molecule has 1 N–H and O–H groups in total. The third-order valence-electron chi connectivity index (χ3n) is 3.78. The fourth-order valence-corrected chi connectivity index (χ4v) is 2.48. The van der Waals surface area contributed by atoms with Crippen molar-refractivity contribution in [2.24, 2.45) is 5.92 Å². The van der Waals surface area contributed by atoms with E-state index in [0.717, 1.165) is 18.3 Å². The first-order valence-electron chi connectivity index (χ1n) is 7.19. The van der Waals surface area contributed by atoms with Gasteiger partial charge in [0.25, 0.3) is 0 Å². The highest BCUT2D eigenvalue weighted by Gasteiger charge is 2.12. The molecule has 1 aliphatic rings. The Hall–Kier alpha value is -1.02. The second-order valence-electron chi connectivity index (χ2n) is 5.56. The minimum atomic E-state index is 0.568. The Bertz CT molecular complexity index is 356. The van der Waals surface area contributed by atoms with Crippen LogP contribution in [0.4, 0.5) is 0 Å². The molecule has 0 radical (unpaired) electrons. The lowest BCUT2D eigenvalue weighted by Crippen LogP contribution is -2.28. The van der Waals surface area contributed by atoms with E-state index in [1.807, 2.05) is 0 Å². The van der Waals surface area contributed by atoms with E-state index in [0.29, 0.717) is 5.92 Å². The highest BCUT2D eigenvalue weighted by Crippen LogP contribution is 2.21. The Morgan fingerprint density at radius 2 is 2.06 bits per heavy atom. The van der Waals surface area contributed by atoms with Crippen LogP contribution in [-0.4, -0.2) is 19.7 Å². The summed E-state index contributed by atoms with van der Waals surface area (Å²) in [6.07, 6.45) is 3.79. The predicted molar refractivity (Wildman–Crippen MR) is 76.2 cm³/mol. The van der Waals surface area contributed by atoms with Crippen molar-refractivity contribution in [1.29, 1.82) is 0 Å². The van der Waals surface area contributed by atoms with Gasteiger partial charge in [-0.25, -0.2) is 0 Å². The van der Waals surface area contributed by atoms with Gasteiger partial charge in [-0.1, -0.05) is 26.0 Å². The molecule has 0 amide bonds. The van der Waals surface area contributed by atoms with Crippen LogP contribution in [0.2, 0.25) is 0 Å². The van der Waals surface area contributed by atoms with Crippen LogP contribution in [-0.2, 0) is 0 Å². The highest BCUT2D eigenvalue weighted by molar-refractivity contribution is 5.30. The van der Waals surface area contributed by atoms with Crippen LogP contribution in [0.25, 0.3) is 0 Å². The standard InChI is InChI=1S/C16H25NO/c1-13(2)15-4-3-5-16(12-15)18-11-8-14-6-9-17-10-7-14/h3-5,12-14,17H,6-11H2,1-2H3. The van der Waals surface area contributed by atoms with E-state index >= 15 is 0 Å². The third-order valence-corrected chi connectivity index (χ3v) is 3.78. The summed E-state index contributed by atoms with van der Waals surface area (Å²) >= 11 is 0. The zero-order valence-electron chi connectivity index (χ0n) is 11.6. The summed E-state index contributed by atoms with van der Waals surface area (Å²) in [5, 5.41) is 3.40. The first kappa shape index (κ1) is 13.4. The molecule has 1 aliphatic heterocycles. The zero-order valence-corrected chi connectivity index (χ0v) is 11.6. The van der Waals surface area contributed by atoms with Crippen molar-refractivity contribution in [3.63, 3.8) is 0 Å². The minimum absolute atomic E-state index is 0.568. The molecule has 2 rings (SSSR count). The van der Waals surface area contributed by atoms with Crippen molar-refractivity contribution in [1.82, 2.24) is 5.32 Å². The van der Waals surface area contributed by atoms with Crippen LogP contribution >= 0.6 is 0 Å². The molecule has 2 nitrogen and oxygen atoms in total. The number of rotatable bonds is 5. The molecular formula is C16H25NO. The van der Waals surface area contributed by atoms with E-state index in [-0.39, 0.29) is 0 Å². The van der Waals surface area contributed by atoms with E-state index in [9.17, 15) is 0 Å². The van der Waals surface area contributed by atoms with Gasteiger partial charge in [-0.2, -0.15) is 0 Å². The summed E-state index contributed by atoms with van der Waals surface area (Å²) < 4.78 is 5.88. The normalized spacial score (nSPS) is 17.1. The molecular weight excluding hydrogens is 222 g/mol. The van der Waals surface area contributed by atoms with Crippen molar-refractivity contribution in [3.05, 3.63) is 29.8 Å². The second kappa shape index (κ2) is 6.79. The van der Waals surface area contributed by atoms with Gasteiger partial charge in [-0.15, -0.1) is 0 Å². The summed E-state index contributed by atoms with van der Waals surface area (Å²) in [6.45, 7) is 7.63. The van der Waals surface area contributed by atoms with Crippen molar-refractivity contribution >= 4 is 0 Å². The van der Waals surface area contributed by atoms with Gasteiger partial charge >= 0.3 is 0 Å². The molecule has 0 unspecified atom stereocenters. The maximum Gasteiger partial charge on any atom is 0.119 e. The smallest absolute Gasteiger partial charge is 0.119 e. The lowest BCUT2D eigenvalue weighted by molar-refractivity contribution is 0.251. The first-order valence-corrected chi connectivity index (χ1v) is 7.19. The summed E-state index contributed by atoms with van der Waals surface area (Å²) in [7, 11) is 0. The number of hydrogen-bond acceptors (Lipinski definition) is 2. The van der Waals surface area contributed by atoms with Gasteiger partial charge in [0.05, 0.1) is 6.61 Å². The number of hydrogen-bond donors (Lipinski definition) is 1. The predicted octanol–water partition coefficient (Wildman–Crippen LogP) is 3.58. The summed E-state index contributed by atoms with van der Waals surface area (Å²) in [5.41, 5.74) is 1.36. The molecule has 0 saturated carbocycles. The van der Waals surface area contributed by atoms with Gasteiger partial charge in [0, 0.05) is 0 Å². The Labute approximate surface area is 111 Å². The average molecular weight is 247 g/mol. The fourth-order valence-electron chi connectivity index (χ4n) is 2.48. The molecule has 0 atom stereocenters. The summed E-state index contributed by atoms with van der Waals surface area (Å²) in [6, 6.07) is 8.50. The van der Waals surface area contributed by atoms with Crippen molar-refractivity contribution in [2.45, 2.75) is 39.0 Å². The SMILES string of the molecule is CC(C)c1cccc(OCCC2CCNCC2)c1. The monoisotopic (exact) mass is 247 g/mol. The van der Waals surface area contributed by atoms with Crippen molar-refractivity contribution < 1.29 is 4.74 Å². The lowest BCUT2D eigenvalue weighted by atomic mass is 9.95. The number of piperidine rings is 1. The summed E-state index contributed by atoms with van der Waals surface area (Å²) in [4.78, 5) is 0. The van der Waals surface area contributed by atoms with Crippen molar-refractivity contribution in [3.8, 4) is 5.75 Å². The maximum atomic E-state index is 5.88. The molecule has 100 valence electrons. The van der Waals surface area contributed by atoms with E-state index < -0.39 is 0 Å². The minimum Gasteiger partial charge on any atom is -0.494 e. The molecule has 1 aromatic rings. The van der Waals surface area contributed by atoms with Crippen LogP contribution in [0.3, 0.4) is 0 Å². The van der Waals surface area contributed by atoms with Crippen LogP contribution in [0.5, 0.6) is 5.75 Å². The molecule has 1 fully saturated rings. The van der Waals surface area contributed by atoms with Crippen molar-refractivity contribution in [2.75, 3.05) is 19.7 Å². The number of ether oxygens (including phenoxy) is 1. The van der Waals surface area contributed by atoms with Gasteiger partial charge in [0.1, 0.15) is 5.75 Å². The molecule has 0 spiro atoms. The maximum absolute atomic E-state index is 5.88. The topological polar surface area (TPSA) is 21.3 Å². The number of benzene rings is 1. The van der Waals surface area contributed by atoms with Crippen LogP contribution in [0.1, 0.15) is 44.6 Å². The quantitative estimate of drug-likeness (QED) is 0.858. The largest absolute Gasteiger partial charge is 0.494 e. The Balaban J connectivity index is 1.77. The molecule has 18 heavy (non-hydrogen) atoms. The molecule has 1 heterocycles.